The third-order valence-electron chi connectivity index (χ3n) is 3.72. The van der Waals surface area contributed by atoms with E-state index in [0.717, 1.165) is 12.2 Å². The van der Waals surface area contributed by atoms with Crippen LogP contribution >= 0.6 is 0 Å². The van der Waals surface area contributed by atoms with Gasteiger partial charge in [-0.15, -0.1) is 0 Å². The summed E-state index contributed by atoms with van der Waals surface area (Å²) < 4.78 is 16.4. The standard InChI is InChI=1S/C20H25NO4/c1-4-16-8-10-17(11-9-16)24-13-12-21-20(22)15(2)25-19-7-5-6-18(14-19)23-3/h5-11,14-15H,4,12-13H2,1-3H3,(H,21,22)/t15-/m0/s1. The molecule has 0 aromatic heterocycles. The van der Waals surface area contributed by atoms with Gasteiger partial charge in [0, 0.05) is 6.07 Å². The van der Waals surface area contributed by atoms with Crippen molar-refractivity contribution in [2.45, 2.75) is 26.4 Å². The van der Waals surface area contributed by atoms with Gasteiger partial charge in [-0.1, -0.05) is 25.1 Å². The van der Waals surface area contributed by atoms with Crippen molar-refractivity contribution in [3.63, 3.8) is 0 Å². The molecule has 0 radical (unpaired) electrons. The molecule has 5 nitrogen and oxygen atoms in total. The number of hydrogen-bond acceptors (Lipinski definition) is 4. The van der Waals surface area contributed by atoms with Gasteiger partial charge < -0.3 is 19.5 Å². The van der Waals surface area contributed by atoms with Gasteiger partial charge in [-0.3, -0.25) is 4.79 Å². The minimum atomic E-state index is -0.601. The van der Waals surface area contributed by atoms with Crippen LogP contribution in [0.3, 0.4) is 0 Å². The summed E-state index contributed by atoms with van der Waals surface area (Å²) in [4.78, 5) is 12.1. The molecule has 25 heavy (non-hydrogen) atoms. The molecule has 1 N–H and O–H groups in total. The molecule has 5 heteroatoms. The van der Waals surface area contributed by atoms with E-state index in [-0.39, 0.29) is 5.91 Å². The van der Waals surface area contributed by atoms with Crippen LogP contribution in [0.5, 0.6) is 17.2 Å². The van der Waals surface area contributed by atoms with Gasteiger partial charge >= 0.3 is 0 Å². The lowest BCUT2D eigenvalue weighted by Gasteiger charge is -2.15. The number of benzene rings is 2. The van der Waals surface area contributed by atoms with E-state index < -0.39 is 6.10 Å². The molecule has 0 unspecified atom stereocenters. The second-order valence-electron chi connectivity index (χ2n) is 5.58. The van der Waals surface area contributed by atoms with Gasteiger partial charge in [0.05, 0.1) is 13.7 Å². The van der Waals surface area contributed by atoms with Crippen LogP contribution in [0, 0.1) is 0 Å². The molecule has 1 amide bonds. The second kappa shape index (κ2) is 9.57. The van der Waals surface area contributed by atoms with Crippen LogP contribution in [0.1, 0.15) is 19.4 Å². The Morgan fingerprint density at radius 2 is 1.80 bits per heavy atom. The molecule has 0 spiro atoms. The molecule has 0 aliphatic heterocycles. The lowest BCUT2D eigenvalue weighted by atomic mass is 10.2. The van der Waals surface area contributed by atoms with E-state index in [1.165, 1.54) is 5.56 Å². The highest BCUT2D eigenvalue weighted by atomic mass is 16.5. The lowest BCUT2D eigenvalue weighted by molar-refractivity contribution is -0.127. The smallest absolute Gasteiger partial charge is 0.260 e. The summed E-state index contributed by atoms with van der Waals surface area (Å²) in [6, 6.07) is 15.1. The summed E-state index contributed by atoms with van der Waals surface area (Å²) in [6.45, 7) is 4.64. The lowest BCUT2D eigenvalue weighted by Crippen LogP contribution is -2.38. The van der Waals surface area contributed by atoms with Gasteiger partial charge in [0.1, 0.15) is 23.9 Å². The average Bonchev–Trinajstić information content (AvgIpc) is 2.65. The van der Waals surface area contributed by atoms with Gasteiger partial charge in [0.15, 0.2) is 6.10 Å². The molecule has 2 aromatic rings. The zero-order valence-electron chi connectivity index (χ0n) is 15.0. The molecule has 2 aromatic carbocycles. The Bertz CT molecular complexity index is 670. The number of hydrogen-bond donors (Lipinski definition) is 1. The normalized spacial score (nSPS) is 11.5. The Labute approximate surface area is 148 Å². The summed E-state index contributed by atoms with van der Waals surface area (Å²) in [5.74, 6) is 1.89. The first-order valence-corrected chi connectivity index (χ1v) is 8.42. The van der Waals surface area contributed by atoms with Gasteiger partial charge in [0.25, 0.3) is 5.91 Å². The summed E-state index contributed by atoms with van der Waals surface area (Å²) >= 11 is 0. The fourth-order valence-corrected chi connectivity index (χ4v) is 2.24. The van der Waals surface area contributed by atoms with Crippen LogP contribution in [0.25, 0.3) is 0 Å². The van der Waals surface area contributed by atoms with Gasteiger partial charge in [-0.2, -0.15) is 0 Å². The number of rotatable bonds is 9. The van der Waals surface area contributed by atoms with E-state index in [9.17, 15) is 4.79 Å². The fraction of sp³-hybridized carbons (Fsp3) is 0.350. The monoisotopic (exact) mass is 343 g/mol. The van der Waals surface area contributed by atoms with Crippen LogP contribution in [0.2, 0.25) is 0 Å². The highest BCUT2D eigenvalue weighted by Gasteiger charge is 2.14. The molecule has 0 saturated carbocycles. The molecule has 0 aliphatic carbocycles. The van der Waals surface area contributed by atoms with E-state index in [1.54, 1.807) is 26.2 Å². The molecule has 134 valence electrons. The van der Waals surface area contributed by atoms with Crippen molar-refractivity contribution >= 4 is 5.91 Å². The Balaban J connectivity index is 1.71. The number of carbonyl (C=O) groups excluding carboxylic acids is 1. The Kier molecular flexibility index (Phi) is 7.14. The minimum absolute atomic E-state index is 0.187. The van der Waals surface area contributed by atoms with Gasteiger partial charge in [-0.05, 0) is 43.2 Å². The maximum atomic E-state index is 12.1. The molecule has 0 heterocycles. The quantitative estimate of drug-likeness (QED) is 0.710. The van der Waals surface area contributed by atoms with Crippen LogP contribution in [-0.2, 0) is 11.2 Å². The largest absolute Gasteiger partial charge is 0.497 e. The molecule has 2 rings (SSSR count). The van der Waals surface area contributed by atoms with E-state index in [2.05, 4.69) is 12.2 Å². The zero-order chi connectivity index (χ0) is 18.1. The molecule has 0 saturated heterocycles. The number of amides is 1. The summed E-state index contributed by atoms with van der Waals surface area (Å²) in [7, 11) is 1.59. The van der Waals surface area contributed by atoms with E-state index in [4.69, 9.17) is 14.2 Å². The Morgan fingerprint density at radius 1 is 1.08 bits per heavy atom. The van der Waals surface area contributed by atoms with E-state index in [1.807, 2.05) is 36.4 Å². The topological polar surface area (TPSA) is 56.8 Å². The van der Waals surface area contributed by atoms with Gasteiger partial charge in [0.2, 0.25) is 0 Å². The SMILES string of the molecule is CCc1ccc(OCCNC(=O)[C@H](C)Oc2cccc(OC)c2)cc1. The molecule has 0 bridgehead atoms. The average molecular weight is 343 g/mol. The molecule has 0 fully saturated rings. The highest BCUT2D eigenvalue weighted by molar-refractivity contribution is 5.80. The third-order valence-corrected chi connectivity index (χ3v) is 3.72. The summed E-state index contributed by atoms with van der Waals surface area (Å²) in [5.41, 5.74) is 1.27. The minimum Gasteiger partial charge on any atom is -0.497 e. The first-order chi connectivity index (χ1) is 12.1. The molecule has 1 atom stereocenters. The third kappa shape index (κ3) is 6.03. The number of methoxy groups -OCH3 is 1. The Hall–Kier alpha value is -2.69. The van der Waals surface area contributed by atoms with Crippen molar-refractivity contribution in [1.82, 2.24) is 5.32 Å². The predicted molar refractivity (Wildman–Crippen MR) is 97.4 cm³/mol. The van der Waals surface area contributed by atoms with Crippen LogP contribution in [0.15, 0.2) is 48.5 Å². The maximum Gasteiger partial charge on any atom is 0.260 e. The van der Waals surface area contributed by atoms with Crippen LogP contribution in [-0.4, -0.2) is 32.3 Å². The highest BCUT2D eigenvalue weighted by Crippen LogP contribution is 2.20. The number of aryl methyl sites for hydroxylation is 1. The maximum absolute atomic E-state index is 12.1. The molecular formula is C20H25NO4. The van der Waals surface area contributed by atoms with Crippen molar-refractivity contribution < 1.29 is 19.0 Å². The molecule has 0 aliphatic rings. The van der Waals surface area contributed by atoms with E-state index >= 15 is 0 Å². The van der Waals surface area contributed by atoms with E-state index in [0.29, 0.717) is 24.7 Å². The van der Waals surface area contributed by atoms with Crippen molar-refractivity contribution in [2.24, 2.45) is 0 Å². The second-order valence-corrected chi connectivity index (χ2v) is 5.58. The number of carbonyl (C=O) groups is 1. The first-order valence-electron chi connectivity index (χ1n) is 8.42. The van der Waals surface area contributed by atoms with Crippen LogP contribution < -0.4 is 19.5 Å². The Morgan fingerprint density at radius 3 is 2.48 bits per heavy atom. The molecular weight excluding hydrogens is 318 g/mol. The first kappa shape index (κ1) is 18.6. The van der Waals surface area contributed by atoms with Crippen molar-refractivity contribution in [3.8, 4) is 17.2 Å². The van der Waals surface area contributed by atoms with Crippen LogP contribution in [0.4, 0.5) is 0 Å². The number of ether oxygens (including phenoxy) is 3. The van der Waals surface area contributed by atoms with Crippen molar-refractivity contribution in [3.05, 3.63) is 54.1 Å². The van der Waals surface area contributed by atoms with Crippen molar-refractivity contribution in [1.29, 1.82) is 0 Å². The zero-order valence-corrected chi connectivity index (χ0v) is 15.0. The predicted octanol–water partition coefficient (Wildman–Crippen LogP) is 3.22. The summed E-state index contributed by atoms with van der Waals surface area (Å²) in [6.07, 6.45) is 0.401. The number of nitrogens with one attached hydrogen (secondary N) is 1. The van der Waals surface area contributed by atoms with Crippen molar-refractivity contribution in [2.75, 3.05) is 20.3 Å². The van der Waals surface area contributed by atoms with Gasteiger partial charge in [-0.25, -0.2) is 0 Å². The fourth-order valence-electron chi connectivity index (χ4n) is 2.24. The summed E-state index contributed by atoms with van der Waals surface area (Å²) in [5, 5.41) is 2.80.